The van der Waals surface area contributed by atoms with Crippen molar-refractivity contribution in [3.8, 4) is 0 Å². The molecule has 0 aliphatic heterocycles. The first kappa shape index (κ1) is 13.3. The van der Waals surface area contributed by atoms with E-state index >= 15 is 0 Å². The van der Waals surface area contributed by atoms with Crippen molar-refractivity contribution in [2.24, 2.45) is 5.41 Å². The lowest BCUT2D eigenvalue weighted by molar-refractivity contribution is 0.417. The predicted molar refractivity (Wildman–Crippen MR) is 68.7 cm³/mol. The van der Waals surface area contributed by atoms with Crippen LogP contribution in [0.5, 0.6) is 0 Å². The molecule has 0 unspecified atom stereocenters. The highest BCUT2D eigenvalue weighted by atomic mass is 35.5. The summed E-state index contributed by atoms with van der Waals surface area (Å²) in [6.45, 7) is 7.21. The second-order valence-corrected chi connectivity index (χ2v) is 5.60. The summed E-state index contributed by atoms with van der Waals surface area (Å²) in [5, 5.41) is 0. The molecule has 90 valence electrons. The smallest absolute Gasteiger partial charge is 0.146 e. The van der Waals surface area contributed by atoms with Crippen LogP contribution in [0, 0.1) is 11.2 Å². The highest BCUT2D eigenvalue weighted by Gasteiger charge is 2.16. The van der Waals surface area contributed by atoms with E-state index in [9.17, 15) is 4.39 Å². The van der Waals surface area contributed by atoms with Crippen LogP contribution in [0.15, 0.2) is 18.2 Å². The summed E-state index contributed by atoms with van der Waals surface area (Å²) in [5.41, 5.74) is 1.59. The van der Waals surface area contributed by atoms with Gasteiger partial charge in [-0.05, 0) is 23.1 Å². The first-order chi connectivity index (χ1) is 7.33. The van der Waals surface area contributed by atoms with Crippen molar-refractivity contribution in [1.29, 1.82) is 0 Å². The average molecular weight is 244 g/mol. The lowest BCUT2D eigenvalue weighted by Crippen LogP contribution is -2.29. The Kier molecular flexibility index (Phi) is 4.20. The van der Waals surface area contributed by atoms with Gasteiger partial charge < -0.3 is 4.90 Å². The number of rotatable bonds is 3. The zero-order valence-corrected chi connectivity index (χ0v) is 11.1. The van der Waals surface area contributed by atoms with E-state index in [1.54, 1.807) is 6.07 Å². The Morgan fingerprint density at radius 1 is 1.31 bits per heavy atom. The largest absolute Gasteiger partial charge is 0.372 e. The summed E-state index contributed by atoms with van der Waals surface area (Å²) in [4.78, 5) is 1.94. The molecular weight excluding hydrogens is 225 g/mol. The maximum atomic E-state index is 13.8. The molecule has 3 heteroatoms. The van der Waals surface area contributed by atoms with Crippen molar-refractivity contribution in [3.63, 3.8) is 0 Å². The van der Waals surface area contributed by atoms with Crippen LogP contribution in [-0.4, -0.2) is 13.6 Å². The lowest BCUT2D eigenvalue weighted by Gasteiger charge is -2.28. The fourth-order valence-electron chi connectivity index (χ4n) is 1.74. The van der Waals surface area contributed by atoms with Gasteiger partial charge in [-0.2, -0.15) is 0 Å². The fraction of sp³-hybridized carbons (Fsp3) is 0.538. The third-order valence-electron chi connectivity index (χ3n) is 2.29. The van der Waals surface area contributed by atoms with Crippen LogP contribution in [-0.2, 0) is 5.88 Å². The van der Waals surface area contributed by atoms with Gasteiger partial charge in [0.15, 0.2) is 0 Å². The summed E-state index contributed by atoms with van der Waals surface area (Å²) in [7, 11) is 1.91. The SMILES string of the molecule is CN(CC(C)(C)C)c1ccc(CCl)cc1F. The van der Waals surface area contributed by atoms with Crippen LogP contribution >= 0.6 is 11.6 Å². The summed E-state index contributed by atoms with van der Waals surface area (Å²) in [6, 6.07) is 5.16. The monoisotopic (exact) mass is 243 g/mol. The number of nitrogens with zero attached hydrogens (tertiary/aromatic N) is 1. The van der Waals surface area contributed by atoms with Crippen molar-refractivity contribution < 1.29 is 4.39 Å². The number of alkyl halides is 1. The quantitative estimate of drug-likeness (QED) is 0.724. The standard InChI is InChI=1S/C13H19ClFN/c1-13(2,3)9-16(4)12-6-5-10(8-14)7-11(12)15/h5-7H,8-9H2,1-4H3. The van der Waals surface area contributed by atoms with E-state index in [0.717, 1.165) is 12.1 Å². The van der Waals surface area contributed by atoms with Crippen molar-refractivity contribution in [2.45, 2.75) is 26.7 Å². The molecule has 1 aromatic carbocycles. The second-order valence-electron chi connectivity index (χ2n) is 5.34. The van der Waals surface area contributed by atoms with Crippen LogP contribution in [0.2, 0.25) is 0 Å². The molecule has 0 saturated carbocycles. The van der Waals surface area contributed by atoms with Gasteiger partial charge in [0.05, 0.1) is 5.69 Å². The molecule has 0 amide bonds. The third kappa shape index (κ3) is 3.67. The molecule has 0 N–H and O–H groups in total. The van der Waals surface area contributed by atoms with Crippen LogP contribution in [0.3, 0.4) is 0 Å². The van der Waals surface area contributed by atoms with E-state index < -0.39 is 0 Å². The highest BCUT2D eigenvalue weighted by Crippen LogP contribution is 2.24. The van der Waals surface area contributed by atoms with Crippen LogP contribution in [0.25, 0.3) is 0 Å². The molecule has 1 rings (SSSR count). The van der Waals surface area contributed by atoms with E-state index in [-0.39, 0.29) is 11.2 Å². The Hall–Kier alpha value is -0.760. The Bertz CT molecular complexity index is 357. The first-order valence-electron chi connectivity index (χ1n) is 5.39. The summed E-state index contributed by atoms with van der Waals surface area (Å²) in [6.07, 6.45) is 0. The Morgan fingerprint density at radius 3 is 2.38 bits per heavy atom. The average Bonchev–Trinajstić information content (AvgIpc) is 2.14. The van der Waals surface area contributed by atoms with E-state index in [0.29, 0.717) is 11.6 Å². The molecule has 0 fully saturated rings. The minimum atomic E-state index is -0.204. The maximum absolute atomic E-state index is 13.8. The molecule has 0 radical (unpaired) electrons. The van der Waals surface area contributed by atoms with Gasteiger partial charge in [0.25, 0.3) is 0 Å². The zero-order chi connectivity index (χ0) is 12.3. The maximum Gasteiger partial charge on any atom is 0.146 e. The molecular formula is C13H19ClFN. The number of halogens is 2. The van der Waals surface area contributed by atoms with Gasteiger partial charge in [0.2, 0.25) is 0 Å². The van der Waals surface area contributed by atoms with E-state index in [4.69, 9.17) is 11.6 Å². The summed E-state index contributed by atoms with van der Waals surface area (Å²) < 4.78 is 13.8. The van der Waals surface area contributed by atoms with E-state index in [1.807, 2.05) is 18.0 Å². The van der Waals surface area contributed by atoms with Crippen molar-refractivity contribution in [3.05, 3.63) is 29.6 Å². The molecule has 0 aromatic heterocycles. The van der Waals surface area contributed by atoms with Gasteiger partial charge in [0.1, 0.15) is 5.82 Å². The molecule has 1 aromatic rings. The van der Waals surface area contributed by atoms with Gasteiger partial charge in [-0.25, -0.2) is 4.39 Å². The summed E-state index contributed by atoms with van der Waals surface area (Å²) in [5.74, 6) is 0.144. The summed E-state index contributed by atoms with van der Waals surface area (Å²) >= 11 is 5.66. The van der Waals surface area contributed by atoms with Crippen molar-refractivity contribution in [1.82, 2.24) is 0 Å². The Balaban J connectivity index is 2.88. The molecule has 0 aliphatic rings. The normalized spacial score (nSPS) is 11.6. The minimum Gasteiger partial charge on any atom is -0.372 e. The van der Waals surface area contributed by atoms with Gasteiger partial charge >= 0.3 is 0 Å². The minimum absolute atomic E-state index is 0.145. The zero-order valence-electron chi connectivity index (χ0n) is 10.3. The topological polar surface area (TPSA) is 3.24 Å². The third-order valence-corrected chi connectivity index (χ3v) is 2.60. The number of hydrogen-bond acceptors (Lipinski definition) is 1. The van der Waals surface area contributed by atoms with Crippen LogP contribution in [0.4, 0.5) is 10.1 Å². The van der Waals surface area contributed by atoms with Crippen LogP contribution in [0.1, 0.15) is 26.3 Å². The molecule has 0 bridgehead atoms. The fourth-order valence-corrected chi connectivity index (χ4v) is 1.91. The van der Waals surface area contributed by atoms with Crippen molar-refractivity contribution in [2.75, 3.05) is 18.5 Å². The molecule has 0 spiro atoms. The highest BCUT2D eigenvalue weighted by molar-refractivity contribution is 6.17. The predicted octanol–water partition coefficient (Wildman–Crippen LogP) is 4.05. The molecule has 0 saturated heterocycles. The molecule has 16 heavy (non-hydrogen) atoms. The molecule has 0 heterocycles. The van der Waals surface area contributed by atoms with Crippen LogP contribution < -0.4 is 4.90 Å². The van der Waals surface area contributed by atoms with E-state index in [1.165, 1.54) is 6.07 Å². The molecule has 0 atom stereocenters. The van der Waals surface area contributed by atoms with Crippen molar-refractivity contribution >= 4 is 17.3 Å². The number of anilines is 1. The second kappa shape index (κ2) is 5.05. The first-order valence-corrected chi connectivity index (χ1v) is 5.92. The Morgan fingerprint density at radius 2 is 1.94 bits per heavy atom. The Labute approximate surface area is 102 Å². The lowest BCUT2D eigenvalue weighted by atomic mass is 9.96. The van der Waals surface area contributed by atoms with Gasteiger partial charge in [-0.15, -0.1) is 11.6 Å². The molecule has 0 aliphatic carbocycles. The van der Waals surface area contributed by atoms with Gasteiger partial charge in [-0.1, -0.05) is 26.8 Å². The van der Waals surface area contributed by atoms with Gasteiger partial charge in [0, 0.05) is 19.5 Å². The molecule has 1 nitrogen and oxygen atoms in total. The van der Waals surface area contributed by atoms with E-state index in [2.05, 4.69) is 20.8 Å². The number of hydrogen-bond donors (Lipinski definition) is 0. The van der Waals surface area contributed by atoms with Gasteiger partial charge in [-0.3, -0.25) is 0 Å². The number of benzene rings is 1.